The van der Waals surface area contributed by atoms with Crippen molar-refractivity contribution < 1.29 is 9.90 Å². The molecule has 1 heterocycles. The van der Waals surface area contributed by atoms with Crippen LogP contribution in [0.4, 0.5) is 0 Å². The van der Waals surface area contributed by atoms with Gasteiger partial charge in [-0.3, -0.25) is 9.69 Å². The molecule has 0 aromatic rings. The van der Waals surface area contributed by atoms with Crippen LogP contribution in [0.3, 0.4) is 0 Å². The Labute approximate surface area is 98.2 Å². The van der Waals surface area contributed by atoms with Gasteiger partial charge in [-0.2, -0.15) is 0 Å². The molecule has 0 spiro atoms. The summed E-state index contributed by atoms with van der Waals surface area (Å²) in [6.45, 7) is 10.8. The van der Waals surface area contributed by atoms with E-state index in [1.807, 2.05) is 13.8 Å². The quantitative estimate of drug-likeness (QED) is 0.769. The Morgan fingerprint density at radius 3 is 2.19 bits per heavy atom. The Bertz CT molecular complexity index is 237. The lowest BCUT2D eigenvalue weighted by Gasteiger charge is -2.43. The van der Waals surface area contributed by atoms with Gasteiger partial charge in [-0.15, -0.1) is 0 Å². The smallest absolute Gasteiger partial charge is 0.323 e. The van der Waals surface area contributed by atoms with E-state index in [1.54, 1.807) is 0 Å². The van der Waals surface area contributed by atoms with Crippen molar-refractivity contribution in [3.05, 3.63) is 0 Å². The van der Waals surface area contributed by atoms with Gasteiger partial charge in [0.05, 0.1) is 0 Å². The van der Waals surface area contributed by atoms with Gasteiger partial charge in [-0.1, -0.05) is 20.3 Å². The predicted octanol–water partition coefficient (Wildman–Crippen LogP) is 1.27. The fourth-order valence-electron chi connectivity index (χ4n) is 2.44. The molecule has 0 aromatic carbocycles. The molecule has 0 aliphatic carbocycles. The van der Waals surface area contributed by atoms with E-state index in [-0.39, 0.29) is 0 Å². The highest BCUT2D eigenvalue weighted by Gasteiger charge is 2.39. The highest BCUT2D eigenvalue weighted by Crippen LogP contribution is 2.23. The summed E-state index contributed by atoms with van der Waals surface area (Å²) < 4.78 is 0. The molecule has 4 heteroatoms. The van der Waals surface area contributed by atoms with Gasteiger partial charge in [-0.05, 0) is 19.9 Å². The number of aliphatic carboxylic acids is 1. The number of carboxylic acids is 1. The maximum absolute atomic E-state index is 11.4. The number of nitrogens with zero attached hydrogens (tertiary/aromatic N) is 2. The summed E-state index contributed by atoms with van der Waals surface area (Å²) >= 11 is 0. The minimum Gasteiger partial charge on any atom is -0.480 e. The molecule has 0 aromatic heterocycles. The molecular formula is C12H24N2O2. The molecule has 0 bridgehead atoms. The first-order valence-corrected chi connectivity index (χ1v) is 6.25. The Morgan fingerprint density at radius 2 is 1.81 bits per heavy atom. The van der Waals surface area contributed by atoms with Crippen molar-refractivity contribution in [1.29, 1.82) is 0 Å². The lowest BCUT2D eigenvalue weighted by molar-refractivity contribution is -0.152. The van der Waals surface area contributed by atoms with Crippen LogP contribution < -0.4 is 0 Å². The van der Waals surface area contributed by atoms with Crippen molar-refractivity contribution in [2.24, 2.45) is 0 Å². The van der Waals surface area contributed by atoms with Gasteiger partial charge in [0.15, 0.2) is 0 Å². The molecular weight excluding hydrogens is 204 g/mol. The van der Waals surface area contributed by atoms with Gasteiger partial charge in [0.1, 0.15) is 5.54 Å². The summed E-state index contributed by atoms with van der Waals surface area (Å²) in [5.74, 6) is -0.681. The first-order valence-electron chi connectivity index (χ1n) is 6.25. The second-order valence-corrected chi connectivity index (χ2v) is 4.75. The monoisotopic (exact) mass is 228 g/mol. The normalized spacial score (nSPS) is 22.9. The van der Waals surface area contributed by atoms with Crippen LogP contribution in [0.15, 0.2) is 0 Å². The zero-order chi connectivity index (χ0) is 12.2. The average Bonchev–Trinajstić information content (AvgIpc) is 2.29. The molecule has 16 heavy (non-hydrogen) atoms. The number of hydrogen-bond donors (Lipinski definition) is 1. The summed E-state index contributed by atoms with van der Waals surface area (Å²) in [5.41, 5.74) is -0.672. The minimum atomic E-state index is -0.681. The van der Waals surface area contributed by atoms with E-state index in [0.717, 1.165) is 45.6 Å². The number of piperazine rings is 1. The van der Waals surface area contributed by atoms with Crippen molar-refractivity contribution >= 4 is 5.97 Å². The first kappa shape index (κ1) is 13.5. The molecule has 1 aliphatic rings. The second-order valence-electron chi connectivity index (χ2n) is 4.75. The summed E-state index contributed by atoms with van der Waals surface area (Å²) in [4.78, 5) is 15.9. The van der Waals surface area contributed by atoms with Crippen LogP contribution in [-0.2, 0) is 4.79 Å². The largest absolute Gasteiger partial charge is 0.480 e. The van der Waals surface area contributed by atoms with Gasteiger partial charge in [0.2, 0.25) is 0 Å². The van der Waals surface area contributed by atoms with Gasteiger partial charge < -0.3 is 10.0 Å². The lowest BCUT2D eigenvalue weighted by atomic mass is 9.93. The van der Waals surface area contributed by atoms with E-state index in [4.69, 9.17) is 0 Å². The summed E-state index contributed by atoms with van der Waals surface area (Å²) in [7, 11) is 0. The molecule has 1 aliphatic heterocycles. The van der Waals surface area contributed by atoms with E-state index >= 15 is 0 Å². The number of carboxylic acid groups (broad SMARTS) is 1. The first-order chi connectivity index (χ1) is 7.54. The fraction of sp³-hybridized carbons (Fsp3) is 0.917. The molecule has 0 amide bonds. The lowest BCUT2D eigenvalue weighted by Crippen LogP contribution is -2.59. The zero-order valence-corrected chi connectivity index (χ0v) is 10.7. The molecule has 94 valence electrons. The third-order valence-electron chi connectivity index (χ3n) is 3.71. The molecule has 4 nitrogen and oxygen atoms in total. The van der Waals surface area contributed by atoms with Crippen molar-refractivity contribution in [3.8, 4) is 0 Å². The van der Waals surface area contributed by atoms with E-state index in [1.165, 1.54) is 0 Å². The van der Waals surface area contributed by atoms with Gasteiger partial charge in [0, 0.05) is 26.2 Å². The Hall–Kier alpha value is -0.610. The highest BCUT2D eigenvalue weighted by molar-refractivity contribution is 5.78. The van der Waals surface area contributed by atoms with Crippen molar-refractivity contribution in [1.82, 2.24) is 9.80 Å². The van der Waals surface area contributed by atoms with Crippen LogP contribution in [0, 0.1) is 0 Å². The number of hydrogen-bond acceptors (Lipinski definition) is 3. The van der Waals surface area contributed by atoms with E-state index in [2.05, 4.69) is 16.7 Å². The summed E-state index contributed by atoms with van der Waals surface area (Å²) in [6, 6.07) is 0. The molecule has 1 atom stereocenters. The number of rotatable bonds is 5. The van der Waals surface area contributed by atoms with Crippen LogP contribution in [0.25, 0.3) is 0 Å². The van der Waals surface area contributed by atoms with Gasteiger partial charge in [0.25, 0.3) is 0 Å². The third kappa shape index (κ3) is 2.74. The topological polar surface area (TPSA) is 43.8 Å². The van der Waals surface area contributed by atoms with Gasteiger partial charge in [-0.25, -0.2) is 0 Å². The van der Waals surface area contributed by atoms with Gasteiger partial charge >= 0.3 is 5.97 Å². The Balaban J connectivity index is 2.64. The van der Waals surface area contributed by atoms with Crippen LogP contribution in [0.1, 0.15) is 33.6 Å². The molecule has 0 radical (unpaired) electrons. The molecule has 1 N–H and O–H groups in total. The second kappa shape index (κ2) is 5.64. The summed E-state index contributed by atoms with van der Waals surface area (Å²) in [6.07, 6.45) is 1.64. The van der Waals surface area contributed by atoms with E-state index < -0.39 is 11.5 Å². The van der Waals surface area contributed by atoms with Crippen molar-refractivity contribution in [2.45, 2.75) is 39.2 Å². The molecule has 1 rings (SSSR count). The van der Waals surface area contributed by atoms with Crippen LogP contribution in [0.2, 0.25) is 0 Å². The molecule has 0 saturated carbocycles. The standard InChI is InChI=1S/C12H24N2O2/c1-4-6-12(3,11(15)16)14-9-7-13(5-2)8-10-14/h4-10H2,1-3H3,(H,15,16). The maximum atomic E-state index is 11.4. The Kier molecular flexibility index (Phi) is 4.74. The maximum Gasteiger partial charge on any atom is 0.323 e. The third-order valence-corrected chi connectivity index (χ3v) is 3.71. The number of likely N-dealkylation sites (N-methyl/N-ethyl adjacent to an activating group) is 1. The average molecular weight is 228 g/mol. The summed E-state index contributed by atoms with van der Waals surface area (Å²) in [5, 5.41) is 9.38. The van der Waals surface area contributed by atoms with Crippen LogP contribution in [-0.4, -0.2) is 59.1 Å². The van der Waals surface area contributed by atoms with Crippen LogP contribution in [0.5, 0.6) is 0 Å². The van der Waals surface area contributed by atoms with E-state index in [0.29, 0.717) is 0 Å². The SMILES string of the molecule is CCCC(C)(C(=O)O)N1CCN(CC)CC1. The zero-order valence-electron chi connectivity index (χ0n) is 10.7. The fourth-order valence-corrected chi connectivity index (χ4v) is 2.44. The molecule has 1 unspecified atom stereocenters. The highest BCUT2D eigenvalue weighted by atomic mass is 16.4. The van der Waals surface area contributed by atoms with E-state index in [9.17, 15) is 9.90 Å². The van der Waals surface area contributed by atoms with Crippen LogP contribution >= 0.6 is 0 Å². The van der Waals surface area contributed by atoms with Crippen molar-refractivity contribution in [2.75, 3.05) is 32.7 Å². The van der Waals surface area contributed by atoms with Crippen molar-refractivity contribution in [3.63, 3.8) is 0 Å². The predicted molar refractivity (Wildman–Crippen MR) is 64.6 cm³/mol. The molecule has 1 saturated heterocycles. The molecule has 1 fully saturated rings. The Morgan fingerprint density at radius 1 is 1.25 bits per heavy atom. The number of carbonyl (C=O) groups is 1. The minimum absolute atomic E-state index is 0.672.